The van der Waals surface area contributed by atoms with Crippen molar-refractivity contribution in [2.24, 2.45) is 0 Å². The Morgan fingerprint density at radius 1 is 1.33 bits per heavy atom. The highest BCUT2D eigenvalue weighted by Crippen LogP contribution is 2.23. The maximum atomic E-state index is 9.77. The van der Waals surface area contributed by atoms with Gasteiger partial charge in [0.2, 0.25) is 0 Å². The Hall–Kier alpha value is -1.08. The molecule has 0 heterocycles. The fourth-order valence-electron chi connectivity index (χ4n) is 1.36. The van der Waals surface area contributed by atoms with Gasteiger partial charge in [0.25, 0.3) is 0 Å². The Bertz CT molecular complexity index is 362. The van der Waals surface area contributed by atoms with Crippen molar-refractivity contribution in [2.75, 3.05) is 0 Å². The molecule has 0 bridgehead atoms. The first kappa shape index (κ1) is 12.0. The number of aliphatic hydroxyl groups is 2. The first-order valence-corrected chi connectivity index (χ1v) is 5.11. The third-order valence-corrected chi connectivity index (χ3v) is 2.47. The van der Waals surface area contributed by atoms with Crippen molar-refractivity contribution in [2.45, 2.75) is 24.5 Å². The van der Waals surface area contributed by atoms with E-state index in [9.17, 15) is 10.2 Å². The number of rotatable bonds is 4. The van der Waals surface area contributed by atoms with Gasteiger partial charge in [-0.05, 0) is 11.1 Å². The molecule has 0 saturated carbocycles. The van der Waals surface area contributed by atoms with Crippen LogP contribution in [0, 0.1) is 11.3 Å². The minimum Gasteiger partial charge on any atom is -0.389 e. The lowest BCUT2D eigenvalue weighted by Crippen LogP contribution is -2.18. The van der Waals surface area contributed by atoms with E-state index in [0.717, 1.165) is 5.56 Å². The van der Waals surface area contributed by atoms with Gasteiger partial charge in [-0.15, -0.1) is 11.6 Å². The number of benzene rings is 1. The third-order valence-electron chi connectivity index (χ3n) is 2.18. The molecule has 0 fully saturated rings. The normalized spacial score (nSPS) is 14.3. The van der Waals surface area contributed by atoms with Crippen LogP contribution in [0.2, 0.25) is 0 Å². The summed E-state index contributed by atoms with van der Waals surface area (Å²) >= 11 is 5.70. The zero-order valence-electron chi connectivity index (χ0n) is 8.10. The van der Waals surface area contributed by atoms with Crippen molar-refractivity contribution in [3.63, 3.8) is 0 Å². The van der Waals surface area contributed by atoms with Crippen LogP contribution in [0.25, 0.3) is 0 Å². The van der Waals surface area contributed by atoms with Crippen LogP contribution in [0.4, 0.5) is 0 Å². The standard InChI is InChI=1S/C11H12ClNO2/c12-7-8-3-1-2-4-9(8)11(15)10(14)5-6-13/h1-4,10-11,14-15H,5,7H2. The quantitative estimate of drug-likeness (QED) is 0.768. The lowest BCUT2D eigenvalue weighted by molar-refractivity contribution is 0.0212. The van der Waals surface area contributed by atoms with Crippen LogP contribution >= 0.6 is 11.6 Å². The molecule has 0 amide bonds. The molecule has 3 nitrogen and oxygen atoms in total. The average Bonchev–Trinajstić information content (AvgIpc) is 2.28. The molecule has 2 atom stereocenters. The molecule has 4 heteroatoms. The molecule has 2 unspecified atom stereocenters. The van der Waals surface area contributed by atoms with Gasteiger partial charge in [-0.2, -0.15) is 5.26 Å². The summed E-state index contributed by atoms with van der Waals surface area (Å²) < 4.78 is 0. The van der Waals surface area contributed by atoms with Crippen molar-refractivity contribution in [1.82, 2.24) is 0 Å². The molecule has 0 aromatic heterocycles. The van der Waals surface area contributed by atoms with E-state index in [1.54, 1.807) is 18.2 Å². The summed E-state index contributed by atoms with van der Waals surface area (Å²) in [6.45, 7) is 0. The van der Waals surface area contributed by atoms with Crippen LogP contribution in [0.3, 0.4) is 0 Å². The molecule has 0 aliphatic rings. The fraction of sp³-hybridized carbons (Fsp3) is 0.364. The number of halogens is 1. The van der Waals surface area contributed by atoms with Crippen LogP contribution in [0.15, 0.2) is 24.3 Å². The molecule has 2 N–H and O–H groups in total. The molecule has 0 aliphatic carbocycles. The van der Waals surface area contributed by atoms with E-state index in [4.69, 9.17) is 16.9 Å². The number of nitrogens with zero attached hydrogens (tertiary/aromatic N) is 1. The largest absolute Gasteiger partial charge is 0.389 e. The van der Waals surface area contributed by atoms with Gasteiger partial charge in [0, 0.05) is 5.88 Å². The van der Waals surface area contributed by atoms with Crippen molar-refractivity contribution in [3.8, 4) is 6.07 Å². The molecule has 1 rings (SSSR count). The highest BCUT2D eigenvalue weighted by atomic mass is 35.5. The Labute approximate surface area is 93.5 Å². The highest BCUT2D eigenvalue weighted by Gasteiger charge is 2.19. The van der Waals surface area contributed by atoms with Gasteiger partial charge in [-0.25, -0.2) is 0 Å². The van der Waals surface area contributed by atoms with Crippen LogP contribution in [0.5, 0.6) is 0 Å². The Morgan fingerprint density at radius 2 is 2.00 bits per heavy atom. The molecule has 1 aromatic rings. The van der Waals surface area contributed by atoms with E-state index in [-0.39, 0.29) is 12.3 Å². The smallest absolute Gasteiger partial charge is 0.106 e. The Morgan fingerprint density at radius 3 is 2.60 bits per heavy atom. The van der Waals surface area contributed by atoms with Crippen LogP contribution < -0.4 is 0 Å². The van der Waals surface area contributed by atoms with Gasteiger partial charge in [-0.3, -0.25) is 0 Å². The lowest BCUT2D eigenvalue weighted by atomic mass is 9.98. The summed E-state index contributed by atoms with van der Waals surface area (Å²) in [5.74, 6) is 0.270. The molecule has 80 valence electrons. The summed E-state index contributed by atoms with van der Waals surface area (Å²) in [7, 11) is 0. The molecule has 0 radical (unpaired) electrons. The van der Waals surface area contributed by atoms with Crippen molar-refractivity contribution >= 4 is 11.6 Å². The highest BCUT2D eigenvalue weighted by molar-refractivity contribution is 6.17. The molecule has 0 saturated heterocycles. The van der Waals surface area contributed by atoms with E-state index in [2.05, 4.69) is 0 Å². The van der Waals surface area contributed by atoms with E-state index in [1.165, 1.54) is 0 Å². The van der Waals surface area contributed by atoms with E-state index < -0.39 is 12.2 Å². The van der Waals surface area contributed by atoms with Gasteiger partial charge in [0.1, 0.15) is 6.10 Å². The second kappa shape index (κ2) is 5.72. The summed E-state index contributed by atoms with van der Waals surface area (Å²) in [6, 6.07) is 8.86. The molecule has 0 spiro atoms. The maximum absolute atomic E-state index is 9.77. The van der Waals surface area contributed by atoms with Gasteiger partial charge < -0.3 is 10.2 Å². The SMILES string of the molecule is N#CCC(O)C(O)c1ccccc1CCl. The van der Waals surface area contributed by atoms with E-state index in [1.807, 2.05) is 12.1 Å². The van der Waals surface area contributed by atoms with Crippen molar-refractivity contribution in [1.29, 1.82) is 5.26 Å². The number of nitriles is 1. The Balaban J connectivity index is 2.90. The van der Waals surface area contributed by atoms with Gasteiger partial charge in [0.05, 0.1) is 18.6 Å². The fourth-order valence-corrected chi connectivity index (χ4v) is 1.60. The summed E-state index contributed by atoms with van der Waals surface area (Å²) in [6.07, 6.45) is -2.23. The predicted molar refractivity (Wildman–Crippen MR) is 57.2 cm³/mol. The van der Waals surface area contributed by atoms with Gasteiger partial charge in [0.15, 0.2) is 0 Å². The molecule has 1 aromatic carbocycles. The summed E-state index contributed by atoms with van der Waals surface area (Å²) in [4.78, 5) is 0. The van der Waals surface area contributed by atoms with Crippen LogP contribution in [-0.2, 0) is 5.88 Å². The average molecular weight is 226 g/mol. The van der Waals surface area contributed by atoms with Crippen LogP contribution in [-0.4, -0.2) is 16.3 Å². The number of aliphatic hydroxyl groups excluding tert-OH is 2. The first-order chi connectivity index (χ1) is 7.20. The topological polar surface area (TPSA) is 64.2 Å². The minimum absolute atomic E-state index is 0.0994. The molecule has 15 heavy (non-hydrogen) atoms. The van der Waals surface area contributed by atoms with Crippen molar-refractivity contribution < 1.29 is 10.2 Å². The summed E-state index contributed by atoms with van der Waals surface area (Å²) in [5.41, 5.74) is 1.35. The van der Waals surface area contributed by atoms with Crippen molar-refractivity contribution in [3.05, 3.63) is 35.4 Å². The second-order valence-electron chi connectivity index (χ2n) is 3.21. The van der Waals surface area contributed by atoms with Gasteiger partial charge in [-0.1, -0.05) is 24.3 Å². The molecular weight excluding hydrogens is 214 g/mol. The molecular formula is C11H12ClNO2. The zero-order valence-corrected chi connectivity index (χ0v) is 8.85. The first-order valence-electron chi connectivity index (χ1n) is 4.57. The number of alkyl halides is 1. The Kier molecular flexibility index (Phi) is 4.57. The monoisotopic (exact) mass is 225 g/mol. The second-order valence-corrected chi connectivity index (χ2v) is 3.47. The van der Waals surface area contributed by atoms with Crippen LogP contribution in [0.1, 0.15) is 23.7 Å². The maximum Gasteiger partial charge on any atom is 0.106 e. The van der Waals surface area contributed by atoms with Gasteiger partial charge >= 0.3 is 0 Å². The molecule has 0 aliphatic heterocycles. The predicted octanol–water partition coefficient (Wildman–Crippen LogP) is 1.73. The zero-order chi connectivity index (χ0) is 11.3. The summed E-state index contributed by atoms with van der Waals surface area (Å²) in [5, 5.41) is 27.7. The van der Waals surface area contributed by atoms with E-state index in [0.29, 0.717) is 5.56 Å². The number of hydrogen-bond donors (Lipinski definition) is 2. The number of hydrogen-bond acceptors (Lipinski definition) is 3. The minimum atomic E-state index is -1.07. The lowest BCUT2D eigenvalue weighted by Gasteiger charge is -2.17. The third kappa shape index (κ3) is 2.93. The van der Waals surface area contributed by atoms with E-state index >= 15 is 0 Å².